The molecule has 10 saturated heterocycles. The van der Waals surface area contributed by atoms with Crippen LogP contribution in [-0.4, -0.2) is 491 Å². The SMILES string of the molecule is C[C@@H]1O[C@@H](O[C@H]2[C@H](O[C@H]3[C@@H](OC[C@H]4O[C@@H](O[C@H]5[C@H](O)[C@@H](O)[C@H](O)O[C@@H]5CO)[C@H](O)[C@@H](O)[C@@H]4O[C@@H]4O[C@H](CO[C@H]5OC[C@@H](O)[C@H](O)[C@H]5O[C@@H]5O[C@H](CO)[C@H](O)[C@H](O)[C@H]5O)[C@@H](O[C@@H]5O[C@H](CO[C@H]6OC[C@@H](O)[C@H](O)[C@H]6O)[C@@H](O)[C@H](O)[C@H]5O)[C@H](O)[C@H]4O)OC[C@@H](O)[C@@H]3O)O[C@H](CO)[C@H](O)[C@@H]2O)[C@@H](O)[C@H](O)[C@@H]1O. The Morgan fingerprint density at radius 3 is 0.981 bits per heavy atom. The summed E-state index contributed by atoms with van der Waals surface area (Å²) in [5.41, 5.74) is 0. The van der Waals surface area contributed by atoms with E-state index in [1.807, 2.05) is 0 Å². The lowest BCUT2D eigenvalue weighted by atomic mass is 9.95. The lowest BCUT2D eigenvalue weighted by Gasteiger charge is -2.50. The second-order valence-corrected chi connectivity index (χ2v) is 26.8. The predicted octanol–water partition coefficient (Wildman–Crippen LogP) is -19.9. The van der Waals surface area contributed by atoms with Gasteiger partial charge in [-0.3, -0.25) is 0 Å². The van der Waals surface area contributed by atoms with Crippen LogP contribution in [0.5, 0.6) is 0 Å². The lowest BCUT2D eigenvalue weighted by Crippen LogP contribution is -2.68. The Balaban J connectivity index is 0.945. The number of aliphatic hydroxyl groups excluding tert-OH is 28. The monoisotopic (exact) mass is 1530 g/mol. The van der Waals surface area contributed by atoms with Crippen molar-refractivity contribution >= 4 is 0 Å². The molecule has 10 fully saturated rings. The summed E-state index contributed by atoms with van der Waals surface area (Å²) in [5, 5.41) is 305. The minimum atomic E-state index is -2.52. The molecule has 0 saturated carbocycles. The zero-order valence-corrected chi connectivity index (χ0v) is 54.8. The molecule has 0 aliphatic carbocycles. The lowest BCUT2D eigenvalue weighted by molar-refractivity contribution is -0.399. The summed E-state index contributed by atoms with van der Waals surface area (Å²) in [6, 6.07) is 0. The maximum absolute atomic E-state index is 12.2. The summed E-state index contributed by atoms with van der Waals surface area (Å²) in [6.07, 6.45) is -95.3. The molecule has 0 spiro atoms. The van der Waals surface area contributed by atoms with Crippen LogP contribution in [0.15, 0.2) is 0 Å². The third kappa shape index (κ3) is 17.9. The average Bonchev–Trinajstić information content (AvgIpc) is 0.780. The normalized spacial score (nSPS) is 54.4. The smallest absolute Gasteiger partial charge is 0.187 e. The van der Waals surface area contributed by atoms with Gasteiger partial charge in [0.05, 0.1) is 65.6 Å². The zero-order valence-electron chi connectivity index (χ0n) is 54.8. The van der Waals surface area contributed by atoms with Crippen LogP contribution in [0.1, 0.15) is 6.92 Å². The summed E-state index contributed by atoms with van der Waals surface area (Å²) >= 11 is 0. The molecule has 0 unspecified atom stereocenters. The van der Waals surface area contributed by atoms with E-state index in [1.165, 1.54) is 6.92 Å². The van der Waals surface area contributed by atoms with Crippen LogP contribution in [0.25, 0.3) is 0 Å². The first-order valence-electron chi connectivity index (χ1n) is 33.3. The van der Waals surface area contributed by atoms with Gasteiger partial charge in [-0.1, -0.05) is 0 Å². The quantitative estimate of drug-likeness (QED) is 0.0427. The van der Waals surface area contributed by atoms with E-state index in [-0.39, 0.29) is 0 Å². The van der Waals surface area contributed by atoms with Crippen molar-refractivity contribution in [3.05, 3.63) is 0 Å². The molecule has 47 heteroatoms. The van der Waals surface area contributed by atoms with Crippen LogP contribution in [0.2, 0.25) is 0 Å². The third-order valence-electron chi connectivity index (χ3n) is 19.6. The molecule has 0 aromatic heterocycles. The Kier molecular flexibility index (Phi) is 29.5. The molecule has 0 aromatic carbocycles. The summed E-state index contributed by atoms with van der Waals surface area (Å²) in [4.78, 5) is 0. The molecular weight excluding hydrogens is 1440 g/mol. The molecule has 47 nitrogen and oxygen atoms in total. The van der Waals surface area contributed by atoms with E-state index in [1.54, 1.807) is 0 Å². The van der Waals surface area contributed by atoms with Crippen molar-refractivity contribution in [2.24, 2.45) is 0 Å². The molecule has 10 aliphatic rings. The number of aliphatic hydroxyl groups is 28. The van der Waals surface area contributed by atoms with E-state index in [2.05, 4.69) is 0 Å². The van der Waals surface area contributed by atoms with Crippen LogP contribution < -0.4 is 0 Å². The van der Waals surface area contributed by atoms with Crippen molar-refractivity contribution in [2.75, 3.05) is 59.5 Å². The summed E-state index contributed by atoms with van der Waals surface area (Å²) in [5.74, 6) is 0. The molecular formula is C57H96O47. The van der Waals surface area contributed by atoms with Gasteiger partial charge < -0.3 is 233 Å². The molecule has 606 valence electrons. The van der Waals surface area contributed by atoms with Gasteiger partial charge in [0.15, 0.2) is 62.9 Å². The largest absolute Gasteiger partial charge is 0.394 e. The highest BCUT2D eigenvalue weighted by Crippen LogP contribution is 2.39. The Hall–Kier alpha value is -1.88. The number of ether oxygens (including phenoxy) is 19. The molecule has 10 heterocycles. The summed E-state index contributed by atoms with van der Waals surface area (Å²) in [6.45, 7) is -6.93. The van der Waals surface area contributed by atoms with Gasteiger partial charge in [-0.2, -0.15) is 0 Å². The van der Waals surface area contributed by atoms with Crippen molar-refractivity contribution in [3.8, 4) is 0 Å². The van der Waals surface area contributed by atoms with Gasteiger partial charge in [0, 0.05) is 0 Å². The van der Waals surface area contributed by atoms with Crippen LogP contribution in [-0.2, 0) is 90.0 Å². The fourth-order valence-electron chi connectivity index (χ4n) is 13.2. The fourth-order valence-corrected chi connectivity index (χ4v) is 13.2. The van der Waals surface area contributed by atoms with E-state index in [0.717, 1.165) is 0 Å². The molecule has 47 atom stereocenters. The van der Waals surface area contributed by atoms with Gasteiger partial charge in [0.25, 0.3) is 0 Å². The second kappa shape index (κ2) is 36.3. The molecule has 28 N–H and O–H groups in total. The summed E-state index contributed by atoms with van der Waals surface area (Å²) in [7, 11) is 0. The van der Waals surface area contributed by atoms with Crippen LogP contribution in [0, 0.1) is 0 Å². The van der Waals surface area contributed by atoms with E-state index in [9.17, 15) is 143 Å². The van der Waals surface area contributed by atoms with Crippen molar-refractivity contribution in [3.63, 3.8) is 0 Å². The fraction of sp³-hybridized carbons (Fsp3) is 1.00. The second-order valence-electron chi connectivity index (χ2n) is 26.8. The Morgan fingerprint density at radius 1 is 0.231 bits per heavy atom. The highest BCUT2D eigenvalue weighted by atomic mass is 16.8. The molecule has 0 aromatic rings. The highest BCUT2D eigenvalue weighted by molar-refractivity contribution is 5.01. The Bertz CT molecular complexity index is 2600. The Labute approximate surface area is 587 Å². The van der Waals surface area contributed by atoms with Gasteiger partial charge in [-0.25, -0.2) is 0 Å². The molecule has 10 rings (SSSR count). The van der Waals surface area contributed by atoms with Crippen molar-refractivity contribution < 1.29 is 233 Å². The van der Waals surface area contributed by atoms with Crippen molar-refractivity contribution in [1.82, 2.24) is 0 Å². The minimum Gasteiger partial charge on any atom is -0.394 e. The van der Waals surface area contributed by atoms with Gasteiger partial charge >= 0.3 is 0 Å². The minimum absolute atomic E-state index is 0.550. The van der Waals surface area contributed by atoms with E-state index < -0.39 is 348 Å². The standard InChI is InChI=1S/C57H96O47/c1-11-21(64)28(71)37(80)50(92-11)103-47-31(74)26(69)16(3-59)95-57(47)104-46-24(67)14(63)7-88-56(46)91-10-20-44(33(76)40(83)53(97-20)99-42-17(4-60)93-48(85)35(78)32(42)75)101-54-41(84)34(77)43(100-52-39(82)30(73)27(70)18(96-52)8-89-49-36(79)22(65)12(61)5-86-49)19(98-54)9-90-55-45(23(66)13(62)6-87-55)102-51-38(81)29(72)25(68)15(2-58)94-51/h11-85H,2-10H2,1H3/t11-,12+,13+,14+,15+,16+,17+,18+,19+,20+,21+,22-,23-,24-,25-,26-,27+,28+,29-,30-,31-,32+,33+,34+,35+,36+,37-,38+,39+,40+,41+,42+,43+,44+,45+,46+,47+,48+,49+,50-,51-,52-,53-,54-,55+,56+,57-/m0/s1. The molecule has 10 aliphatic heterocycles. The molecule has 0 radical (unpaired) electrons. The third-order valence-corrected chi connectivity index (χ3v) is 19.6. The Morgan fingerprint density at radius 2 is 0.519 bits per heavy atom. The van der Waals surface area contributed by atoms with Crippen LogP contribution in [0.4, 0.5) is 0 Å². The van der Waals surface area contributed by atoms with E-state index >= 15 is 0 Å². The number of hydrogen-bond donors (Lipinski definition) is 28. The first-order chi connectivity index (χ1) is 49.2. The van der Waals surface area contributed by atoms with Gasteiger partial charge in [-0.15, -0.1) is 0 Å². The maximum Gasteiger partial charge on any atom is 0.187 e. The van der Waals surface area contributed by atoms with E-state index in [4.69, 9.17) is 90.0 Å². The maximum atomic E-state index is 12.2. The first kappa shape index (κ1) is 84.6. The molecule has 0 bridgehead atoms. The van der Waals surface area contributed by atoms with Crippen LogP contribution >= 0.6 is 0 Å². The number of hydrogen-bond acceptors (Lipinski definition) is 47. The van der Waals surface area contributed by atoms with Gasteiger partial charge in [-0.05, 0) is 6.92 Å². The molecule has 104 heavy (non-hydrogen) atoms. The number of rotatable bonds is 24. The van der Waals surface area contributed by atoms with Gasteiger partial charge in [0.2, 0.25) is 0 Å². The van der Waals surface area contributed by atoms with E-state index in [0.29, 0.717) is 0 Å². The van der Waals surface area contributed by atoms with Crippen molar-refractivity contribution in [1.29, 1.82) is 0 Å². The van der Waals surface area contributed by atoms with Crippen LogP contribution in [0.3, 0.4) is 0 Å². The van der Waals surface area contributed by atoms with Crippen molar-refractivity contribution in [2.45, 2.75) is 296 Å². The topological polar surface area (TPSA) is 742 Å². The molecule has 0 amide bonds. The predicted molar refractivity (Wildman–Crippen MR) is 310 cm³/mol. The highest BCUT2D eigenvalue weighted by Gasteiger charge is 2.59. The first-order valence-corrected chi connectivity index (χ1v) is 33.3. The summed E-state index contributed by atoms with van der Waals surface area (Å²) < 4.78 is 110. The van der Waals surface area contributed by atoms with Gasteiger partial charge in [0.1, 0.15) is 220 Å². The average molecular weight is 1530 g/mol. The zero-order chi connectivity index (χ0) is 75.9.